The van der Waals surface area contributed by atoms with E-state index >= 15 is 0 Å². The minimum Gasteiger partial charge on any atom is -0.309 e. The summed E-state index contributed by atoms with van der Waals surface area (Å²) in [6.07, 6.45) is 5.65. The number of pyridine rings is 3. The Balaban J connectivity index is 0.000000107. The van der Waals surface area contributed by atoms with Crippen molar-refractivity contribution in [3.05, 3.63) is 516 Å². The summed E-state index contributed by atoms with van der Waals surface area (Å²) < 4.78 is 14.1. The lowest BCUT2D eigenvalue weighted by Crippen LogP contribution is -1.96. The van der Waals surface area contributed by atoms with Gasteiger partial charge in [0.2, 0.25) is 0 Å². The highest BCUT2D eigenvalue weighted by Crippen LogP contribution is 2.45. The molecule has 646 valence electrons. The second kappa shape index (κ2) is 33.9. The smallest absolute Gasteiger partial charge is 0.145 e. The van der Waals surface area contributed by atoms with Crippen molar-refractivity contribution in [2.45, 2.75) is 0 Å². The van der Waals surface area contributed by atoms with E-state index in [1.54, 1.807) is 0 Å². The van der Waals surface area contributed by atoms with Gasteiger partial charge >= 0.3 is 0 Å². The first kappa shape index (κ1) is 80.3. The molecule has 28 aromatic rings. The molecule has 0 aliphatic rings. The van der Waals surface area contributed by atoms with Gasteiger partial charge in [0.25, 0.3) is 0 Å². The summed E-state index contributed by atoms with van der Waals surface area (Å²) >= 11 is 0. The summed E-state index contributed by atoms with van der Waals surface area (Å²) in [5.74, 6) is 0. The van der Waals surface area contributed by atoms with E-state index in [0.29, 0.717) is 0 Å². The summed E-state index contributed by atoms with van der Waals surface area (Å²) in [4.78, 5) is 14.6. The third-order valence-electron chi connectivity index (χ3n) is 27.5. The van der Waals surface area contributed by atoms with Crippen LogP contribution in [0, 0.1) is 0 Å². The summed E-state index contributed by atoms with van der Waals surface area (Å²) in [5.41, 5.74) is 37.0. The van der Waals surface area contributed by atoms with E-state index in [1.807, 2.05) is 36.8 Å². The average Bonchev–Trinajstić information content (AvgIpc) is 1.59. The van der Waals surface area contributed by atoms with E-state index in [1.165, 1.54) is 159 Å². The van der Waals surface area contributed by atoms with Gasteiger partial charge in [-0.1, -0.05) is 334 Å². The molecule has 0 spiro atoms. The van der Waals surface area contributed by atoms with Crippen molar-refractivity contribution in [3.63, 3.8) is 0 Å². The van der Waals surface area contributed by atoms with Crippen LogP contribution in [0.15, 0.2) is 516 Å². The molecule has 0 unspecified atom stereocenters. The quantitative estimate of drug-likeness (QED) is 0.116. The molecule has 0 radical (unpaired) electrons. The van der Waals surface area contributed by atoms with Crippen LogP contribution in [0.25, 0.3) is 243 Å². The molecule has 9 heteroatoms. The number of aromatic nitrogens is 9. The Bertz CT molecular complexity index is 9540. The molecule has 9 heterocycles. The molecule has 0 aliphatic heterocycles. The van der Waals surface area contributed by atoms with Crippen molar-refractivity contribution in [2.75, 3.05) is 0 Å². The van der Waals surface area contributed by atoms with E-state index in [2.05, 4.69) is 507 Å². The average molecular weight is 1760 g/mol. The van der Waals surface area contributed by atoms with Crippen molar-refractivity contribution in [2.24, 2.45) is 0 Å². The molecule has 0 aliphatic carbocycles. The predicted molar refractivity (Wildman–Crippen MR) is 577 cm³/mol. The van der Waals surface area contributed by atoms with E-state index < -0.39 is 0 Å². The molecular weight excluding hydrogens is 1680 g/mol. The lowest BCUT2D eigenvalue weighted by atomic mass is 10.0. The summed E-state index contributed by atoms with van der Waals surface area (Å²) in [6.45, 7) is 0. The van der Waals surface area contributed by atoms with Crippen LogP contribution in [-0.4, -0.2) is 42.4 Å². The third-order valence-corrected chi connectivity index (χ3v) is 27.5. The molecule has 0 atom stereocenters. The fourth-order valence-corrected chi connectivity index (χ4v) is 21.1. The first-order valence-corrected chi connectivity index (χ1v) is 47.0. The van der Waals surface area contributed by atoms with Gasteiger partial charge in [0.05, 0.1) is 49.7 Å². The van der Waals surface area contributed by atoms with Crippen LogP contribution in [-0.2, 0) is 0 Å². The standard InChI is InChI=1S/C47H31N3.2C41H27N3/c1-3-11-32(12-4-1)34-20-24-38(25-21-34)49-44-19-8-7-17-40(44)41-26-22-36(30-45(41)49)37-23-27-42-43-18-10-28-48-47(43)50(46(42)31-37)39-16-9-15-35(29-39)33-13-5-2-6-14-33;1-3-11-28(12-4-1)29-13-9-16-33(25-29)44-40-27-31(21-23-36(40)37-18-10-24-42-41(37)44)30-20-22-35-34-17-7-8-19-38(34)43(39(35)26-30)32-14-5-2-6-15-32;1-3-10-28(11-4-1)29-17-21-33(22-18-29)44-40-27-31(20-24-36(40)37-15-9-25-42-41(37)44)30-19-23-35-34-14-7-8-16-38(34)43(39(35)26-30)32-12-5-2-6-13-32/h1-31H;2*1-27H. The molecule has 9 nitrogen and oxygen atoms in total. The van der Waals surface area contributed by atoms with Crippen LogP contribution < -0.4 is 0 Å². The molecule has 9 aromatic heterocycles. The van der Waals surface area contributed by atoms with Crippen molar-refractivity contribution in [1.29, 1.82) is 0 Å². The van der Waals surface area contributed by atoms with E-state index in [-0.39, 0.29) is 0 Å². The zero-order valence-corrected chi connectivity index (χ0v) is 75.1. The second-order valence-electron chi connectivity index (χ2n) is 35.4. The highest BCUT2D eigenvalue weighted by molar-refractivity contribution is 6.16. The van der Waals surface area contributed by atoms with Gasteiger partial charge in [0.15, 0.2) is 0 Å². The first-order chi connectivity index (χ1) is 68.5. The minimum absolute atomic E-state index is 0.958. The Kier molecular flexibility index (Phi) is 19.7. The van der Waals surface area contributed by atoms with Gasteiger partial charge in [-0.2, -0.15) is 0 Å². The Morgan fingerprint density at radius 2 is 0.297 bits per heavy atom. The zero-order chi connectivity index (χ0) is 91.1. The van der Waals surface area contributed by atoms with Crippen molar-refractivity contribution >= 4 is 131 Å². The number of hydrogen-bond acceptors (Lipinski definition) is 3. The topological polar surface area (TPSA) is 68.2 Å². The van der Waals surface area contributed by atoms with Gasteiger partial charge in [-0.3, -0.25) is 13.7 Å². The Hall–Kier alpha value is -18.6. The summed E-state index contributed by atoms with van der Waals surface area (Å²) in [7, 11) is 0. The first-order valence-electron chi connectivity index (χ1n) is 47.0. The fraction of sp³-hybridized carbons (Fsp3) is 0. The maximum absolute atomic E-state index is 4.90. The highest BCUT2D eigenvalue weighted by Gasteiger charge is 2.24. The molecule has 28 rings (SSSR count). The van der Waals surface area contributed by atoms with Crippen molar-refractivity contribution < 1.29 is 0 Å². The molecule has 19 aromatic carbocycles. The van der Waals surface area contributed by atoms with Crippen LogP contribution >= 0.6 is 0 Å². The monoisotopic (exact) mass is 1760 g/mol. The molecule has 0 bridgehead atoms. The van der Waals surface area contributed by atoms with Crippen LogP contribution in [0.5, 0.6) is 0 Å². The van der Waals surface area contributed by atoms with Crippen LogP contribution in [0.1, 0.15) is 0 Å². The normalized spacial score (nSPS) is 11.6. The number of para-hydroxylation sites is 5. The zero-order valence-electron chi connectivity index (χ0n) is 75.1. The second-order valence-corrected chi connectivity index (χ2v) is 35.4. The summed E-state index contributed by atoms with van der Waals surface area (Å²) in [5, 5.41) is 14.6. The molecule has 0 amide bonds. The van der Waals surface area contributed by atoms with Gasteiger partial charge in [-0.15, -0.1) is 0 Å². The molecule has 0 fully saturated rings. The van der Waals surface area contributed by atoms with Crippen LogP contribution in [0.3, 0.4) is 0 Å². The van der Waals surface area contributed by atoms with Crippen LogP contribution in [0.2, 0.25) is 0 Å². The van der Waals surface area contributed by atoms with E-state index in [4.69, 9.17) is 15.0 Å². The number of benzene rings is 19. The predicted octanol–water partition coefficient (Wildman–Crippen LogP) is 33.5. The maximum atomic E-state index is 4.90. The Morgan fingerprint density at radius 1 is 0.109 bits per heavy atom. The maximum Gasteiger partial charge on any atom is 0.145 e. The van der Waals surface area contributed by atoms with Crippen molar-refractivity contribution in [1.82, 2.24) is 42.4 Å². The molecule has 0 N–H and O–H groups in total. The van der Waals surface area contributed by atoms with Crippen molar-refractivity contribution in [3.8, 4) is 112 Å². The largest absolute Gasteiger partial charge is 0.309 e. The van der Waals surface area contributed by atoms with Crippen LogP contribution in [0.4, 0.5) is 0 Å². The van der Waals surface area contributed by atoms with E-state index in [9.17, 15) is 0 Å². The molecule has 0 saturated heterocycles. The Labute approximate surface area is 796 Å². The van der Waals surface area contributed by atoms with Gasteiger partial charge in [-0.25, -0.2) is 15.0 Å². The molecular formula is C129H85N9. The van der Waals surface area contributed by atoms with Gasteiger partial charge in [0, 0.05) is 117 Å². The number of nitrogens with zero attached hydrogens (tertiary/aromatic N) is 9. The third kappa shape index (κ3) is 14.0. The lowest BCUT2D eigenvalue weighted by molar-refractivity contribution is 1.14. The highest BCUT2D eigenvalue weighted by atomic mass is 15.1. The Morgan fingerprint density at radius 3 is 0.601 bits per heavy atom. The number of hydrogen-bond donors (Lipinski definition) is 0. The van der Waals surface area contributed by atoms with Gasteiger partial charge < -0.3 is 13.7 Å². The fourth-order valence-electron chi connectivity index (χ4n) is 21.1. The number of rotatable bonds is 13. The SMILES string of the molecule is c1ccc(-c2ccc(-n3c4cc(-c5ccc6c7ccccc7n(-c7ccccc7)c6c5)ccc4c4cccnc43)cc2)cc1.c1ccc(-c2ccc(-n3c4ccccc4c4ccc(-c5ccc6c7cccnc7n(-c7cccc(-c8ccccc8)c7)c6c5)cc43)cc2)cc1.c1ccc(-c2cccc(-n3c4cc(-c5ccc6c7ccccc7n(-c7ccccc7)c6c5)ccc4c4cccnc43)c2)cc1. The minimum atomic E-state index is 0.958. The molecule has 138 heavy (non-hydrogen) atoms. The van der Waals surface area contributed by atoms with Gasteiger partial charge in [-0.05, 0) is 242 Å². The summed E-state index contributed by atoms with van der Waals surface area (Å²) in [6, 6.07) is 178. The molecule has 0 saturated carbocycles. The lowest BCUT2D eigenvalue weighted by Gasteiger charge is -2.12. The van der Waals surface area contributed by atoms with Gasteiger partial charge in [0.1, 0.15) is 16.9 Å². The van der Waals surface area contributed by atoms with E-state index in [0.717, 1.165) is 83.8 Å². The number of fused-ring (bicyclic) bond motifs is 18.